The van der Waals surface area contributed by atoms with Crippen LogP contribution in [0, 0.1) is 5.92 Å². The fourth-order valence-electron chi connectivity index (χ4n) is 1.61. The summed E-state index contributed by atoms with van der Waals surface area (Å²) in [6, 6.07) is 1.64. The number of nitrogens with zero attached hydrogens (tertiary/aromatic N) is 3. The molecule has 7 heteroatoms. The molecule has 1 saturated heterocycles. The Hall–Kier alpha value is -0.200. The molecule has 1 unspecified atom stereocenters. The first-order chi connectivity index (χ1) is 7.61. The van der Waals surface area contributed by atoms with E-state index in [1.54, 1.807) is 11.0 Å². The molecule has 2 rings (SSSR count). The van der Waals surface area contributed by atoms with E-state index in [2.05, 4.69) is 42.1 Å². The molecule has 1 aromatic rings. The zero-order chi connectivity index (χ0) is 11.7. The van der Waals surface area contributed by atoms with Crippen molar-refractivity contribution in [3.8, 4) is 0 Å². The Bertz CT molecular complexity index is 429. The Kier molecular flexibility index (Phi) is 3.81. The van der Waals surface area contributed by atoms with Gasteiger partial charge in [-0.25, -0.2) is 0 Å². The lowest BCUT2D eigenvalue weighted by Crippen LogP contribution is -2.26. The summed E-state index contributed by atoms with van der Waals surface area (Å²) < 4.78 is 0.691. The number of alkyl halides is 1. The first kappa shape index (κ1) is 12.3. The van der Waals surface area contributed by atoms with Gasteiger partial charge in [0.2, 0.25) is 5.91 Å². The maximum absolute atomic E-state index is 11.8. The van der Waals surface area contributed by atoms with Gasteiger partial charge in [-0.3, -0.25) is 9.69 Å². The van der Waals surface area contributed by atoms with E-state index in [0.29, 0.717) is 34.3 Å². The molecule has 0 radical (unpaired) electrons. The smallest absolute Gasteiger partial charge is 0.228 e. The Labute approximate surface area is 115 Å². The van der Waals surface area contributed by atoms with Gasteiger partial charge in [-0.05, 0) is 27.9 Å². The third-order valence-corrected chi connectivity index (χ3v) is 4.06. The molecule has 0 aliphatic carbocycles. The van der Waals surface area contributed by atoms with Crippen molar-refractivity contribution in [2.24, 2.45) is 5.92 Å². The lowest BCUT2D eigenvalue weighted by Gasteiger charge is -2.15. The van der Waals surface area contributed by atoms with E-state index in [1.165, 1.54) is 0 Å². The molecule has 0 aromatic carbocycles. The van der Waals surface area contributed by atoms with E-state index in [1.807, 2.05) is 0 Å². The second-order valence-electron chi connectivity index (χ2n) is 3.57. The predicted molar refractivity (Wildman–Crippen MR) is 69.0 cm³/mol. The molecule has 0 saturated carbocycles. The van der Waals surface area contributed by atoms with Gasteiger partial charge in [-0.2, -0.15) is 0 Å². The van der Waals surface area contributed by atoms with Crippen molar-refractivity contribution in [3.05, 3.63) is 15.7 Å². The second-order valence-corrected chi connectivity index (χ2v) is 5.46. The first-order valence-corrected chi connectivity index (χ1v) is 6.96. The maximum atomic E-state index is 11.8. The SMILES string of the molecule is O=C1CC(CBr)CN1c1nnc(Cl)cc1Br. The highest BCUT2D eigenvalue weighted by molar-refractivity contribution is 9.10. The summed E-state index contributed by atoms with van der Waals surface area (Å²) in [6.07, 6.45) is 0.544. The molecular formula is C9H8Br2ClN3O. The number of hydrogen-bond donors (Lipinski definition) is 0. The molecule has 16 heavy (non-hydrogen) atoms. The average Bonchev–Trinajstić information content (AvgIpc) is 2.60. The molecular weight excluding hydrogens is 361 g/mol. The number of hydrogen-bond acceptors (Lipinski definition) is 3. The van der Waals surface area contributed by atoms with Crippen LogP contribution in [0.1, 0.15) is 6.42 Å². The van der Waals surface area contributed by atoms with Gasteiger partial charge >= 0.3 is 0 Å². The Balaban J connectivity index is 2.28. The van der Waals surface area contributed by atoms with E-state index >= 15 is 0 Å². The molecule has 0 N–H and O–H groups in total. The summed E-state index contributed by atoms with van der Waals surface area (Å²) in [7, 11) is 0. The van der Waals surface area contributed by atoms with Crippen LogP contribution in [0.15, 0.2) is 10.5 Å². The lowest BCUT2D eigenvalue weighted by molar-refractivity contribution is -0.117. The van der Waals surface area contributed by atoms with Gasteiger partial charge in [0.05, 0.1) is 4.47 Å². The van der Waals surface area contributed by atoms with Crippen molar-refractivity contribution in [1.82, 2.24) is 10.2 Å². The molecule has 2 heterocycles. The fourth-order valence-corrected chi connectivity index (χ4v) is 2.84. The predicted octanol–water partition coefficient (Wildman–Crippen LogP) is 2.64. The van der Waals surface area contributed by atoms with Gasteiger partial charge in [0.1, 0.15) is 0 Å². The number of aromatic nitrogens is 2. The fraction of sp³-hybridized carbons (Fsp3) is 0.444. The number of anilines is 1. The van der Waals surface area contributed by atoms with Crippen molar-refractivity contribution in [2.45, 2.75) is 6.42 Å². The average molecular weight is 369 g/mol. The van der Waals surface area contributed by atoms with Crippen LogP contribution in [0.5, 0.6) is 0 Å². The second kappa shape index (κ2) is 4.98. The summed E-state index contributed by atoms with van der Waals surface area (Å²) >= 11 is 12.4. The lowest BCUT2D eigenvalue weighted by atomic mass is 10.2. The molecule has 1 aliphatic heterocycles. The van der Waals surface area contributed by atoms with Crippen LogP contribution in [0.25, 0.3) is 0 Å². The Morgan fingerprint density at radius 1 is 1.56 bits per heavy atom. The molecule has 1 aromatic heterocycles. The largest absolute Gasteiger partial charge is 0.294 e. The van der Waals surface area contributed by atoms with Crippen LogP contribution in [-0.2, 0) is 4.79 Å². The minimum absolute atomic E-state index is 0.0711. The number of rotatable bonds is 2. The van der Waals surface area contributed by atoms with Crippen LogP contribution in [0.3, 0.4) is 0 Å². The summed E-state index contributed by atoms with van der Waals surface area (Å²) in [6.45, 7) is 0.666. The highest BCUT2D eigenvalue weighted by Crippen LogP contribution is 2.30. The molecule has 86 valence electrons. The molecule has 0 spiro atoms. The van der Waals surface area contributed by atoms with Gasteiger partial charge in [0.15, 0.2) is 11.0 Å². The minimum Gasteiger partial charge on any atom is -0.294 e. The number of carbonyl (C=O) groups is 1. The van der Waals surface area contributed by atoms with E-state index in [-0.39, 0.29) is 5.91 Å². The van der Waals surface area contributed by atoms with Gasteiger partial charge in [-0.15, -0.1) is 10.2 Å². The van der Waals surface area contributed by atoms with Gasteiger partial charge in [0, 0.05) is 18.3 Å². The van der Waals surface area contributed by atoms with Crippen LogP contribution >= 0.6 is 43.5 Å². The standard InChI is InChI=1S/C9H8Br2ClN3O/c10-3-5-1-8(16)15(4-5)9-6(11)2-7(12)13-14-9/h2,5H,1,3-4H2. The van der Waals surface area contributed by atoms with Crippen LogP contribution in [0.2, 0.25) is 5.15 Å². The first-order valence-electron chi connectivity index (χ1n) is 4.67. The van der Waals surface area contributed by atoms with Crippen LogP contribution in [-0.4, -0.2) is 28.0 Å². The monoisotopic (exact) mass is 367 g/mol. The van der Waals surface area contributed by atoms with Gasteiger partial charge < -0.3 is 0 Å². The molecule has 1 atom stereocenters. The number of halogens is 3. The zero-order valence-corrected chi connectivity index (χ0v) is 12.1. The van der Waals surface area contributed by atoms with Gasteiger partial charge in [-0.1, -0.05) is 27.5 Å². The third kappa shape index (κ3) is 2.38. The van der Waals surface area contributed by atoms with Crippen molar-refractivity contribution < 1.29 is 4.79 Å². The maximum Gasteiger partial charge on any atom is 0.228 e. The molecule has 4 nitrogen and oxygen atoms in total. The van der Waals surface area contributed by atoms with Gasteiger partial charge in [0.25, 0.3) is 0 Å². The van der Waals surface area contributed by atoms with Crippen molar-refractivity contribution in [2.75, 3.05) is 16.8 Å². The molecule has 1 fully saturated rings. The summed E-state index contributed by atoms with van der Waals surface area (Å²) in [5, 5.41) is 8.81. The molecule has 1 amide bonds. The number of carbonyl (C=O) groups excluding carboxylic acids is 1. The van der Waals surface area contributed by atoms with Crippen LogP contribution < -0.4 is 4.90 Å². The number of amides is 1. The quantitative estimate of drug-likeness (QED) is 0.753. The summed E-state index contributed by atoms with van der Waals surface area (Å²) in [5.74, 6) is 0.941. The normalized spacial score (nSPS) is 20.6. The van der Waals surface area contributed by atoms with E-state index < -0.39 is 0 Å². The molecule has 1 aliphatic rings. The van der Waals surface area contributed by atoms with Crippen LogP contribution in [0.4, 0.5) is 5.82 Å². The van der Waals surface area contributed by atoms with E-state index in [9.17, 15) is 4.79 Å². The Morgan fingerprint density at radius 3 is 2.88 bits per heavy atom. The van der Waals surface area contributed by atoms with Crippen molar-refractivity contribution in [1.29, 1.82) is 0 Å². The highest BCUT2D eigenvalue weighted by Gasteiger charge is 2.32. The highest BCUT2D eigenvalue weighted by atomic mass is 79.9. The van der Waals surface area contributed by atoms with E-state index in [0.717, 1.165) is 5.33 Å². The van der Waals surface area contributed by atoms with E-state index in [4.69, 9.17) is 11.6 Å². The minimum atomic E-state index is 0.0711. The van der Waals surface area contributed by atoms with Crippen molar-refractivity contribution >= 4 is 55.2 Å². The third-order valence-electron chi connectivity index (χ3n) is 2.38. The van der Waals surface area contributed by atoms with Crippen molar-refractivity contribution in [3.63, 3.8) is 0 Å². The summed E-state index contributed by atoms with van der Waals surface area (Å²) in [4.78, 5) is 13.4. The topological polar surface area (TPSA) is 46.1 Å². The molecule has 0 bridgehead atoms. The zero-order valence-electron chi connectivity index (χ0n) is 8.16. The Morgan fingerprint density at radius 2 is 2.31 bits per heavy atom. The summed E-state index contributed by atoms with van der Waals surface area (Å²) in [5.41, 5.74) is 0.